The molecule has 3 aliphatic rings. The molecule has 2 aliphatic carbocycles. The molecule has 0 unspecified atom stereocenters. The Morgan fingerprint density at radius 2 is 1.96 bits per heavy atom. The number of amides is 1. The van der Waals surface area contributed by atoms with Gasteiger partial charge in [-0.2, -0.15) is 0 Å². The van der Waals surface area contributed by atoms with Crippen LogP contribution in [0.4, 0.5) is 4.79 Å². The van der Waals surface area contributed by atoms with Crippen molar-refractivity contribution in [2.45, 2.75) is 47.0 Å². The minimum absolute atomic E-state index is 0.0505. The lowest BCUT2D eigenvalue weighted by Gasteiger charge is -2.32. The zero-order valence-electron chi connectivity index (χ0n) is 15.5. The number of fused-ring (bicyclic) bond motifs is 1. The molecule has 0 atom stereocenters. The van der Waals surface area contributed by atoms with Crippen molar-refractivity contribution < 1.29 is 9.63 Å². The van der Waals surface area contributed by atoms with E-state index in [1.54, 1.807) is 0 Å². The van der Waals surface area contributed by atoms with Gasteiger partial charge in [0.05, 0.1) is 0 Å². The molecule has 0 aromatic rings. The van der Waals surface area contributed by atoms with E-state index >= 15 is 0 Å². The maximum Gasteiger partial charge on any atom is 0.437 e. The van der Waals surface area contributed by atoms with Crippen LogP contribution in [0.15, 0.2) is 52.4 Å². The van der Waals surface area contributed by atoms with Crippen molar-refractivity contribution >= 4 is 11.9 Å². The Kier molecular flexibility index (Phi) is 4.58. The van der Waals surface area contributed by atoms with E-state index in [0.717, 1.165) is 48.5 Å². The first-order valence-electron chi connectivity index (χ1n) is 8.91. The van der Waals surface area contributed by atoms with Crippen molar-refractivity contribution in [3.63, 3.8) is 0 Å². The number of hydrogen-bond acceptors (Lipinski definition) is 3. The van der Waals surface area contributed by atoms with Gasteiger partial charge in [0, 0.05) is 35.1 Å². The fourth-order valence-corrected chi connectivity index (χ4v) is 3.30. The lowest BCUT2D eigenvalue weighted by Crippen LogP contribution is -2.31. The van der Waals surface area contributed by atoms with Gasteiger partial charge in [0.15, 0.2) is 0 Å². The molecular formula is C20H27N3O2. The monoisotopic (exact) mass is 341 g/mol. The molecule has 1 aliphatic heterocycles. The number of amidine groups is 1. The maximum atomic E-state index is 12.2. The van der Waals surface area contributed by atoms with Gasteiger partial charge in [-0.05, 0) is 18.4 Å². The Bertz CT molecular complexity index is 713. The summed E-state index contributed by atoms with van der Waals surface area (Å²) in [6.07, 6.45) is 13.2. The van der Waals surface area contributed by atoms with Gasteiger partial charge in [-0.3, -0.25) is 10.2 Å². The normalized spacial score (nSPS) is 25.1. The topological polar surface area (TPSA) is 62.7 Å². The fourth-order valence-electron chi connectivity index (χ4n) is 3.30. The van der Waals surface area contributed by atoms with Crippen molar-refractivity contribution in [3.8, 4) is 0 Å². The third-order valence-corrected chi connectivity index (χ3v) is 4.50. The number of rotatable bonds is 2. The van der Waals surface area contributed by atoms with Crippen LogP contribution in [0, 0.1) is 10.8 Å². The molecule has 5 nitrogen and oxygen atoms in total. The van der Waals surface area contributed by atoms with Crippen LogP contribution in [0.5, 0.6) is 0 Å². The SMILES string of the molecule is CC1(C)C=C2C=CC(C)(C)C=C2C(NC(=O)ON=C2CCCCN2)=C1. The largest absolute Gasteiger partial charge is 0.437 e. The van der Waals surface area contributed by atoms with Gasteiger partial charge in [0.2, 0.25) is 0 Å². The second-order valence-corrected chi connectivity index (χ2v) is 8.12. The summed E-state index contributed by atoms with van der Waals surface area (Å²) in [5.41, 5.74) is 2.75. The second-order valence-electron chi connectivity index (χ2n) is 8.12. The minimum Gasteiger partial charge on any atom is -0.371 e. The summed E-state index contributed by atoms with van der Waals surface area (Å²) in [7, 11) is 0. The highest BCUT2D eigenvalue weighted by Crippen LogP contribution is 2.40. The molecule has 2 N–H and O–H groups in total. The molecule has 0 radical (unpaired) electrons. The molecule has 0 aromatic heterocycles. The molecule has 134 valence electrons. The Morgan fingerprint density at radius 3 is 2.68 bits per heavy atom. The summed E-state index contributed by atoms with van der Waals surface area (Å²) in [5, 5.41) is 9.96. The molecule has 5 heteroatoms. The predicted molar refractivity (Wildman–Crippen MR) is 99.9 cm³/mol. The van der Waals surface area contributed by atoms with Gasteiger partial charge >= 0.3 is 6.09 Å². The average Bonchev–Trinajstić information content (AvgIpc) is 2.54. The number of nitrogens with zero attached hydrogens (tertiary/aromatic N) is 1. The fraction of sp³-hybridized carbons (Fsp3) is 0.500. The highest BCUT2D eigenvalue weighted by atomic mass is 16.7. The summed E-state index contributed by atoms with van der Waals surface area (Å²) >= 11 is 0. The van der Waals surface area contributed by atoms with Crippen molar-refractivity contribution in [1.82, 2.24) is 10.6 Å². The van der Waals surface area contributed by atoms with E-state index in [4.69, 9.17) is 4.84 Å². The number of piperidine rings is 1. The van der Waals surface area contributed by atoms with Gasteiger partial charge in [0.1, 0.15) is 5.84 Å². The van der Waals surface area contributed by atoms with Crippen molar-refractivity contribution in [2.24, 2.45) is 16.0 Å². The molecule has 1 saturated heterocycles. The number of nitrogens with one attached hydrogen (secondary N) is 2. The van der Waals surface area contributed by atoms with E-state index in [9.17, 15) is 4.79 Å². The molecule has 1 amide bonds. The van der Waals surface area contributed by atoms with E-state index in [1.807, 2.05) is 0 Å². The Morgan fingerprint density at radius 1 is 1.16 bits per heavy atom. The van der Waals surface area contributed by atoms with Crippen LogP contribution >= 0.6 is 0 Å². The van der Waals surface area contributed by atoms with Crippen LogP contribution in [0.3, 0.4) is 0 Å². The van der Waals surface area contributed by atoms with Crippen LogP contribution in [-0.2, 0) is 4.84 Å². The van der Waals surface area contributed by atoms with Crippen LogP contribution in [0.1, 0.15) is 47.0 Å². The van der Waals surface area contributed by atoms with Crippen LogP contribution < -0.4 is 10.6 Å². The Hall–Kier alpha value is -2.30. The van der Waals surface area contributed by atoms with Crippen molar-refractivity contribution in [2.75, 3.05) is 6.54 Å². The molecule has 0 aromatic carbocycles. The smallest absolute Gasteiger partial charge is 0.371 e. The number of carbonyl (C=O) groups excluding carboxylic acids is 1. The zero-order chi connectivity index (χ0) is 18.1. The van der Waals surface area contributed by atoms with E-state index < -0.39 is 6.09 Å². The summed E-state index contributed by atoms with van der Waals surface area (Å²) < 4.78 is 0. The van der Waals surface area contributed by atoms with Gasteiger partial charge in [-0.15, -0.1) is 0 Å². The first kappa shape index (κ1) is 17.5. The molecule has 3 rings (SSSR count). The predicted octanol–water partition coefficient (Wildman–Crippen LogP) is 4.17. The second kappa shape index (κ2) is 6.54. The Balaban J connectivity index is 1.74. The van der Waals surface area contributed by atoms with E-state index in [-0.39, 0.29) is 10.8 Å². The molecule has 0 bridgehead atoms. The van der Waals surface area contributed by atoms with Gasteiger partial charge in [-0.25, -0.2) is 4.79 Å². The third-order valence-electron chi connectivity index (χ3n) is 4.50. The lowest BCUT2D eigenvalue weighted by atomic mass is 9.75. The van der Waals surface area contributed by atoms with E-state index in [1.165, 1.54) is 0 Å². The van der Waals surface area contributed by atoms with E-state index in [2.05, 4.69) is 73.9 Å². The molecule has 1 fully saturated rings. The Labute approximate surface area is 149 Å². The van der Waals surface area contributed by atoms with Crippen LogP contribution in [0.25, 0.3) is 0 Å². The van der Waals surface area contributed by atoms with Crippen molar-refractivity contribution in [3.05, 3.63) is 47.2 Å². The summed E-state index contributed by atoms with van der Waals surface area (Å²) in [6.45, 7) is 9.39. The molecule has 1 heterocycles. The molecule has 25 heavy (non-hydrogen) atoms. The van der Waals surface area contributed by atoms with Gasteiger partial charge in [0.25, 0.3) is 0 Å². The standard InChI is InChI=1S/C20H27N3O2/c1-19(2)9-8-14-11-20(3,4)13-16(15(14)12-19)22-18(24)25-23-17-7-5-6-10-21-17/h8-9,11-13H,5-7,10H2,1-4H3,(H,21,23)(H,22,24). The zero-order valence-corrected chi connectivity index (χ0v) is 15.5. The average molecular weight is 341 g/mol. The van der Waals surface area contributed by atoms with Gasteiger partial charge in [-0.1, -0.05) is 63.2 Å². The van der Waals surface area contributed by atoms with Gasteiger partial charge < -0.3 is 5.32 Å². The van der Waals surface area contributed by atoms with Crippen molar-refractivity contribution in [1.29, 1.82) is 0 Å². The number of allylic oxidation sites excluding steroid dienone is 6. The first-order valence-corrected chi connectivity index (χ1v) is 8.91. The quantitative estimate of drug-likeness (QED) is 0.585. The molecule has 0 spiro atoms. The molecule has 0 saturated carbocycles. The van der Waals surface area contributed by atoms with E-state index in [0.29, 0.717) is 0 Å². The highest BCUT2D eigenvalue weighted by Gasteiger charge is 2.29. The van der Waals surface area contributed by atoms with Crippen LogP contribution in [-0.4, -0.2) is 18.5 Å². The number of hydrogen-bond donors (Lipinski definition) is 2. The van der Waals surface area contributed by atoms with Crippen LogP contribution in [0.2, 0.25) is 0 Å². The number of oxime groups is 1. The highest BCUT2D eigenvalue weighted by molar-refractivity contribution is 5.83. The summed E-state index contributed by atoms with van der Waals surface area (Å²) in [4.78, 5) is 17.3. The number of carbonyl (C=O) groups is 1. The minimum atomic E-state index is -0.559. The first-order chi connectivity index (χ1) is 11.7. The molecular weight excluding hydrogens is 314 g/mol. The summed E-state index contributed by atoms with van der Waals surface area (Å²) in [6, 6.07) is 0. The lowest BCUT2D eigenvalue weighted by molar-refractivity contribution is 0.152. The maximum absolute atomic E-state index is 12.2. The summed E-state index contributed by atoms with van der Waals surface area (Å²) in [5.74, 6) is 0.737. The third kappa shape index (κ3) is 4.41.